The van der Waals surface area contributed by atoms with Gasteiger partial charge >= 0.3 is 0 Å². The van der Waals surface area contributed by atoms with Crippen molar-refractivity contribution in [2.75, 3.05) is 5.32 Å². The smallest absolute Gasteiger partial charge is 0.146 e. The summed E-state index contributed by atoms with van der Waals surface area (Å²) in [6.07, 6.45) is 0. The molecular formula is C11H9BrFNS. The molecular weight excluding hydrogens is 277 g/mol. The summed E-state index contributed by atoms with van der Waals surface area (Å²) in [6, 6.07) is 8.71. The first kappa shape index (κ1) is 10.6. The van der Waals surface area contributed by atoms with Crippen molar-refractivity contribution >= 4 is 33.0 Å². The molecule has 15 heavy (non-hydrogen) atoms. The Bertz CT molecular complexity index is 455. The van der Waals surface area contributed by atoms with Crippen LogP contribution in [0.1, 0.15) is 5.56 Å². The van der Waals surface area contributed by atoms with E-state index in [1.165, 1.54) is 6.07 Å². The van der Waals surface area contributed by atoms with Crippen molar-refractivity contribution in [2.45, 2.75) is 6.54 Å². The molecule has 2 aromatic rings. The molecule has 0 aliphatic rings. The second-order valence-electron chi connectivity index (χ2n) is 3.09. The number of rotatable bonds is 3. The third-order valence-electron chi connectivity index (χ3n) is 1.98. The molecule has 0 bridgehead atoms. The highest BCUT2D eigenvalue weighted by Gasteiger charge is 2.00. The van der Waals surface area contributed by atoms with Gasteiger partial charge in [0.15, 0.2) is 0 Å². The maximum absolute atomic E-state index is 13.2. The summed E-state index contributed by atoms with van der Waals surface area (Å²) in [5.74, 6) is -0.216. The highest BCUT2D eigenvalue weighted by molar-refractivity contribution is 9.11. The third-order valence-corrected chi connectivity index (χ3v) is 3.53. The fraction of sp³-hybridized carbons (Fsp3) is 0.0909. The van der Waals surface area contributed by atoms with Gasteiger partial charge in [-0.25, -0.2) is 4.39 Å². The lowest BCUT2D eigenvalue weighted by Crippen LogP contribution is -1.99. The van der Waals surface area contributed by atoms with Crippen LogP contribution >= 0.6 is 27.3 Å². The van der Waals surface area contributed by atoms with Crippen molar-refractivity contribution in [3.8, 4) is 0 Å². The van der Waals surface area contributed by atoms with E-state index in [-0.39, 0.29) is 5.82 Å². The highest BCUT2D eigenvalue weighted by atomic mass is 79.9. The van der Waals surface area contributed by atoms with Gasteiger partial charge in [-0.15, -0.1) is 11.3 Å². The standard InChI is InChI=1S/C11H9BrFNS/c12-11-5-8(7-15-11)6-14-10-4-2-1-3-9(10)13/h1-5,7,14H,6H2. The maximum atomic E-state index is 13.2. The van der Waals surface area contributed by atoms with Crippen LogP contribution in [0.4, 0.5) is 10.1 Å². The Kier molecular flexibility index (Phi) is 3.38. The molecule has 1 nitrogen and oxygen atoms in total. The summed E-state index contributed by atoms with van der Waals surface area (Å²) in [5, 5.41) is 5.09. The number of anilines is 1. The zero-order valence-corrected chi connectivity index (χ0v) is 10.2. The van der Waals surface area contributed by atoms with Gasteiger partial charge in [-0.1, -0.05) is 12.1 Å². The van der Waals surface area contributed by atoms with Gasteiger partial charge in [-0.05, 0) is 45.1 Å². The van der Waals surface area contributed by atoms with E-state index in [1.54, 1.807) is 23.5 Å². The first-order valence-electron chi connectivity index (χ1n) is 4.47. The molecule has 0 saturated carbocycles. The van der Waals surface area contributed by atoms with Gasteiger partial charge in [-0.3, -0.25) is 0 Å². The average molecular weight is 286 g/mol. The Balaban J connectivity index is 2.02. The molecule has 0 radical (unpaired) electrons. The van der Waals surface area contributed by atoms with Crippen LogP contribution in [0.15, 0.2) is 39.5 Å². The van der Waals surface area contributed by atoms with Crippen molar-refractivity contribution in [3.05, 3.63) is 50.9 Å². The molecule has 4 heteroatoms. The second kappa shape index (κ2) is 4.77. The highest BCUT2D eigenvalue weighted by Crippen LogP contribution is 2.22. The normalized spacial score (nSPS) is 10.3. The molecule has 78 valence electrons. The summed E-state index contributed by atoms with van der Waals surface area (Å²) >= 11 is 5.02. The van der Waals surface area contributed by atoms with E-state index in [0.717, 1.165) is 9.35 Å². The first-order valence-corrected chi connectivity index (χ1v) is 6.14. The number of benzene rings is 1. The van der Waals surface area contributed by atoms with E-state index in [2.05, 4.69) is 21.2 Å². The molecule has 2 rings (SSSR count). The molecule has 1 aromatic heterocycles. The second-order valence-corrected chi connectivity index (χ2v) is 5.38. The summed E-state index contributed by atoms with van der Waals surface area (Å²) in [6.45, 7) is 0.642. The first-order chi connectivity index (χ1) is 7.25. The van der Waals surface area contributed by atoms with E-state index in [0.29, 0.717) is 12.2 Å². The van der Waals surface area contributed by atoms with Crippen LogP contribution < -0.4 is 5.32 Å². The van der Waals surface area contributed by atoms with E-state index < -0.39 is 0 Å². The monoisotopic (exact) mass is 285 g/mol. The van der Waals surface area contributed by atoms with Gasteiger partial charge in [-0.2, -0.15) is 0 Å². The van der Waals surface area contributed by atoms with Crippen molar-refractivity contribution in [1.82, 2.24) is 0 Å². The van der Waals surface area contributed by atoms with Crippen LogP contribution in [0.5, 0.6) is 0 Å². The number of nitrogens with one attached hydrogen (secondary N) is 1. The number of hydrogen-bond donors (Lipinski definition) is 1. The van der Waals surface area contributed by atoms with Gasteiger partial charge in [0.25, 0.3) is 0 Å². The Morgan fingerprint density at radius 1 is 1.33 bits per heavy atom. The molecule has 0 spiro atoms. The fourth-order valence-corrected chi connectivity index (χ4v) is 2.45. The van der Waals surface area contributed by atoms with Crippen LogP contribution in [0.2, 0.25) is 0 Å². The van der Waals surface area contributed by atoms with Gasteiger partial charge in [0.2, 0.25) is 0 Å². The largest absolute Gasteiger partial charge is 0.379 e. The van der Waals surface area contributed by atoms with Crippen molar-refractivity contribution in [1.29, 1.82) is 0 Å². The molecule has 1 heterocycles. The molecule has 0 atom stereocenters. The minimum absolute atomic E-state index is 0.216. The van der Waals surface area contributed by atoms with E-state index >= 15 is 0 Å². The summed E-state index contributed by atoms with van der Waals surface area (Å²) in [7, 11) is 0. The van der Waals surface area contributed by atoms with Crippen molar-refractivity contribution in [3.63, 3.8) is 0 Å². The van der Waals surface area contributed by atoms with Gasteiger partial charge in [0.05, 0.1) is 9.47 Å². The van der Waals surface area contributed by atoms with Crippen molar-refractivity contribution < 1.29 is 4.39 Å². The molecule has 0 fully saturated rings. The fourth-order valence-electron chi connectivity index (χ4n) is 1.24. The zero-order valence-electron chi connectivity index (χ0n) is 7.84. The Labute approximate surface area is 100 Å². The van der Waals surface area contributed by atoms with E-state index in [4.69, 9.17) is 0 Å². The van der Waals surface area contributed by atoms with Gasteiger partial charge in [0, 0.05) is 6.54 Å². The zero-order chi connectivity index (χ0) is 10.7. The number of hydrogen-bond acceptors (Lipinski definition) is 2. The molecule has 0 unspecified atom stereocenters. The van der Waals surface area contributed by atoms with Gasteiger partial charge < -0.3 is 5.32 Å². The Morgan fingerprint density at radius 2 is 2.13 bits per heavy atom. The SMILES string of the molecule is Fc1ccccc1NCc1csc(Br)c1. The Hall–Kier alpha value is -0.870. The minimum Gasteiger partial charge on any atom is -0.379 e. The van der Waals surface area contributed by atoms with Crippen LogP contribution in [0.3, 0.4) is 0 Å². The molecule has 1 aromatic carbocycles. The molecule has 1 N–H and O–H groups in total. The maximum Gasteiger partial charge on any atom is 0.146 e. The topological polar surface area (TPSA) is 12.0 Å². The third kappa shape index (κ3) is 2.79. The molecule has 0 aliphatic carbocycles. The molecule has 0 aliphatic heterocycles. The molecule has 0 saturated heterocycles. The Morgan fingerprint density at radius 3 is 2.80 bits per heavy atom. The summed E-state index contributed by atoms with van der Waals surface area (Å²) in [5.41, 5.74) is 1.69. The van der Waals surface area contributed by atoms with Crippen LogP contribution in [-0.4, -0.2) is 0 Å². The predicted octanol–water partition coefficient (Wildman–Crippen LogP) is 4.26. The summed E-state index contributed by atoms with van der Waals surface area (Å²) in [4.78, 5) is 0. The van der Waals surface area contributed by atoms with Gasteiger partial charge in [0.1, 0.15) is 5.82 Å². The van der Waals surface area contributed by atoms with Crippen molar-refractivity contribution in [2.24, 2.45) is 0 Å². The van der Waals surface area contributed by atoms with E-state index in [9.17, 15) is 4.39 Å². The lowest BCUT2D eigenvalue weighted by molar-refractivity contribution is 0.630. The average Bonchev–Trinajstić information content (AvgIpc) is 2.63. The quantitative estimate of drug-likeness (QED) is 0.888. The minimum atomic E-state index is -0.216. The lowest BCUT2D eigenvalue weighted by atomic mass is 10.3. The van der Waals surface area contributed by atoms with Crippen LogP contribution in [0.25, 0.3) is 0 Å². The number of para-hydroxylation sites is 1. The van der Waals surface area contributed by atoms with Crippen LogP contribution in [-0.2, 0) is 6.54 Å². The number of halogens is 2. The number of thiophene rings is 1. The van der Waals surface area contributed by atoms with E-state index in [1.807, 2.05) is 17.5 Å². The predicted molar refractivity (Wildman–Crippen MR) is 65.7 cm³/mol. The lowest BCUT2D eigenvalue weighted by Gasteiger charge is -2.05. The molecule has 0 amide bonds. The van der Waals surface area contributed by atoms with Crippen LogP contribution in [0, 0.1) is 5.82 Å². The summed E-state index contributed by atoms with van der Waals surface area (Å²) < 4.78 is 14.3.